The third kappa shape index (κ3) is 3.77. The van der Waals surface area contributed by atoms with Gasteiger partial charge >= 0.3 is 0 Å². The molecule has 3 rings (SSSR count). The lowest BCUT2D eigenvalue weighted by Gasteiger charge is -2.06. The first-order valence-corrected chi connectivity index (χ1v) is 8.02. The van der Waals surface area contributed by atoms with Gasteiger partial charge in [0.25, 0.3) is 11.8 Å². The van der Waals surface area contributed by atoms with Crippen LogP contribution in [0, 0.1) is 11.6 Å². The van der Waals surface area contributed by atoms with Gasteiger partial charge in [-0.3, -0.25) is 14.0 Å². The minimum atomic E-state index is -0.915. The maximum Gasteiger partial charge on any atom is 0.292 e. The maximum atomic E-state index is 13.8. The molecule has 2 aromatic heterocycles. The van der Waals surface area contributed by atoms with E-state index in [4.69, 9.17) is 4.74 Å². The maximum absolute atomic E-state index is 13.8. The molecule has 0 aliphatic heterocycles. The van der Waals surface area contributed by atoms with Crippen LogP contribution in [0.5, 0.6) is 0 Å². The molecule has 0 atom stereocenters. The molecule has 2 heterocycles. The van der Waals surface area contributed by atoms with Crippen molar-refractivity contribution in [2.24, 2.45) is 0 Å². The molecule has 0 radical (unpaired) electrons. The zero-order valence-corrected chi connectivity index (χ0v) is 14.3. The molecule has 9 heteroatoms. The van der Waals surface area contributed by atoms with Gasteiger partial charge < -0.3 is 15.4 Å². The van der Waals surface area contributed by atoms with Crippen molar-refractivity contribution < 1.29 is 23.1 Å². The highest BCUT2D eigenvalue weighted by molar-refractivity contribution is 6.06. The molecule has 0 saturated heterocycles. The number of benzene rings is 1. The Morgan fingerprint density at radius 3 is 2.56 bits per heavy atom. The number of hydrogen-bond donors (Lipinski definition) is 2. The molecule has 0 fully saturated rings. The predicted octanol–water partition coefficient (Wildman–Crippen LogP) is 2.24. The number of halogens is 2. The number of aromatic nitrogens is 2. The van der Waals surface area contributed by atoms with Crippen LogP contribution in [0.1, 0.15) is 21.1 Å². The first kappa shape index (κ1) is 18.5. The van der Waals surface area contributed by atoms with Crippen LogP contribution < -0.4 is 10.6 Å². The van der Waals surface area contributed by atoms with Gasteiger partial charge in [-0.25, -0.2) is 13.8 Å². The van der Waals surface area contributed by atoms with Crippen LogP contribution in [-0.4, -0.2) is 41.5 Å². The van der Waals surface area contributed by atoms with Crippen LogP contribution in [0.25, 0.3) is 5.52 Å². The summed E-state index contributed by atoms with van der Waals surface area (Å²) in [5.74, 6) is -3.35. The third-order valence-corrected chi connectivity index (χ3v) is 3.76. The van der Waals surface area contributed by atoms with E-state index in [1.807, 2.05) is 0 Å². The second-order valence-electron chi connectivity index (χ2n) is 5.54. The number of methoxy groups -OCH3 is 1. The molecular formula is C18H16F2N4O3. The summed E-state index contributed by atoms with van der Waals surface area (Å²) < 4.78 is 33.8. The van der Waals surface area contributed by atoms with Gasteiger partial charge in [0.1, 0.15) is 17.3 Å². The van der Waals surface area contributed by atoms with Crippen LogP contribution in [0.2, 0.25) is 0 Å². The van der Waals surface area contributed by atoms with Crippen molar-refractivity contribution in [3.8, 4) is 0 Å². The normalized spacial score (nSPS) is 10.8. The molecule has 7 nitrogen and oxygen atoms in total. The van der Waals surface area contributed by atoms with E-state index in [0.717, 1.165) is 12.1 Å². The van der Waals surface area contributed by atoms with Gasteiger partial charge in [-0.05, 0) is 24.3 Å². The standard InChI is InChI=1S/C18H16F2N4O3/c1-27-10-8-21-17(25)15-13-7-2-3-9-24(13)16(22-15)18(26)23-14-11(19)5-4-6-12(14)20/h2-7,9H,8,10H2,1H3,(H,21,25)(H,23,26). The summed E-state index contributed by atoms with van der Waals surface area (Å²) in [4.78, 5) is 29.0. The molecule has 0 unspecified atom stereocenters. The first-order valence-electron chi connectivity index (χ1n) is 8.02. The highest BCUT2D eigenvalue weighted by Gasteiger charge is 2.22. The fourth-order valence-electron chi connectivity index (χ4n) is 2.50. The van der Waals surface area contributed by atoms with E-state index < -0.39 is 29.1 Å². The van der Waals surface area contributed by atoms with E-state index in [9.17, 15) is 18.4 Å². The van der Waals surface area contributed by atoms with Gasteiger partial charge in [0.2, 0.25) is 5.82 Å². The molecule has 140 valence electrons. The number of imidazole rings is 1. The van der Waals surface area contributed by atoms with Crippen molar-refractivity contribution in [2.45, 2.75) is 0 Å². The fraction of sp³-hybridized carbons (Fsp3) is 0.167. The molecule has 27 heavy (non-hydrogen) atoms. The Morgan fingerprint density at radius 2 is 1.85 bits per heavy atom. The number of hydrogen-bond acceptors (Lipinski definition) is 4. The van der Waals surface area contributed by atoms with E-state index in [1.54, 1.807) is 18.2 Å². The minimum absolute atomic E-state index is 0.0193. The number of anilines is 1. The van der Waals surface area contributed by atoms with Crippen LogP contribution >= 0.6 is 0 Å². The zero-order chi connectivity index (χ0) is 19.4. The van der Waals surface area contributed by atoms with Crippen LogP contribution in [0.4, 0.5) is 14.5 Å². The first-order chi connectivity index (χ1) is 13.0. The molecule has 0 aliphatic carbocycles. The minimum Gasteiger partial charge on any atom is -0.383 e. The number of ether oxygens (including phenoxy) is 1. The molecule has 0 aliphatic rings. The molecule has 1 aromatic carbocycles. The van der Waals surface area contributed by atoms with E-state index in [0.29, 0.717) is 12.1 Å². The Hall–Kier alpha value is -3.33. The predicted molar refractivity (Wildman–Crippen MR) is 93.7 cm³/mol. The lowest BCUT2D eigenvalue weighted by atomic mass is 10.3. The van der Waals surface area contributed by atoms with Crippen molar-refractivity contribution in [3.05, 3.63) is 65.7 Å². The number of carbonyl (C=O) groups excluding carboxylic acids is 2. The monoisotopic (exact) mass is 374 g/mol. The van der Waals surface area contributed by atoms with Gasteiger partial charge in [-0.1, -0.05) is 12.1 Å². The van der Waals surface area contributed by atoms with Crippen LogP contribution in [0.3, 0.4) is 0 Å². The number of para-hydroxylation sites is 1. The Balaban J connectivity index is 1.95. The Bertz CT molecular complexity index is 983. The average Bonchev–Trinajstić information content (AvgIpc) is 3.05. The number of carbonyl (C=O) groups is 2. The summed E-state index contributed by atoms with van der Waals surface area (Å²) in [6.07, 6.45) is 1.53. The van der Waals surface area contributed by atoms with Gasteiger partial charge in [0.15, 0.2) is 5.69 Å². The molecule has 3 aromatic rings. The number of amides is 2. The van der Waals surface area contributed by atoms with E-state index in [-0.39, 0.29) is 18.1 Å². The fourth-order valence-corrected chi connectivity index (χ4v) is 2.50. The Labute approximate surface area is 153 Å². The van der Waals surface area contributed by atoms with Gasteiger partial charge in [-0.15, -0.1) is 0 Å². The number of pyridine rings is 1. The summed E-state index contributed by atoms with van der Waals surface area (Å²) in [6.45, 7) is 0.584. The van der Waals surface area contributed by atoms with Gasteiger partial charge in [-0.2, -0.15) is 0 Å². The zero-order valence-electron chi connectivity index (χ0n) is 14.3. The number of fused-ring (bicyclic) bond motifs is 1. The van der Waals surface area contributed by atoms with E-state index in [1.165, 1.54) is 23.8 Å². The van der Waals surface area contributed by atoms with Crippen molar-refractivity contribution in [1.82, 2.24) is 14.7 Å². The molecule has 2 amide bonds. The van der Waals surface area contributed by atoms with Crippen LogP contribution in [-0.2, 0) is 4.74 Å². The SMILES string of the molecule is COCCNC(=O)c1nc(C(=O)Nc2c(F)cccc2F)n2ccccc12. The van der Waals surface area contributed by atoms with Crippen molar-refractivity contribution in [3.63, 3.8) is 0 Å². The van der Waals surface area contributed by atoms with E-state index >= 15 is 0 Å². The summed E-state index contributed by atoms with van der Waals surface area (Å²) >= 11 is 0. The third-order valence-electron chi connectivity index (χ3n) is 3.76. The average molecular weight is 374 g/mol. The number of nitrogens with one attached hydrogen (secondary N) is 2. The summed E-state index contributed by atoms with van der Waals surface area (Å²) in [6, 6.07) is 8.17. The Morgan fingerprint density at radius 1 is 1.11 bits per heavy atom. The smallest absolute Gasteiger partial charge is 0.292 e. The topological polar surface area (TPSA) is 84.7 Å². The summed E-state index contributed by atoms with van der Waals surface area (Å²) in [7, 11) is 1.50. The number of rotatable bonds is 6. The lowest BCUT2D eigenvalue weighted by molar-refractivity contribution is 0.0934. The van der Waals surface area contributed by atoms with Gasteiger partial charge in [0, 0.05) is 19.9 Å². The van der Waals surface area contributed by atoms with Crippen molar-refractivity contribution >= 4 is 23.0 Å². The lowest BCUT2D eigenvalue weighted by Crippen LogP contribution is -2.27. The molecular weight excluding hydrogens is 358 g/mol. The van der Waals surface area contributed by atoms with Crippen molar-refractivity contribution in [1.29, 1.82) is 0 Å². The summed E-state index contributed by atoms with van der Waals surface area (Å²) in [5.41, 5.74) is -0.182. The Kier molecular flexibility index (Phi) is 5.41. The second-order valence-corrected chi connectivity index (χ2v) is 5.54. The largest absolute Gasteiger partial charge is 0.383 e. The molecule has 0 spiro atoms. The van der Waals surface area contributed by atoms with Crippen LogP contribution in [0.15, 0.2) is 42.6 Å². The highest BCUT2D eigenvalue weighted by atomic mass is 19.1. The highest BCUT2D eigenvalue weighted by Crippen LogP contribution is 2.20. The molecule has 0 bridgehead atoms. The quantitative estimate of drug-likeness (QED) is 0.648. The van der Waals surface area contributed by atoms with E-state index in [2.05, 4.69) is 15.6 Å². The number of nitrogens with zero attached hydrogens (tertiary/aromatic N) is 2. The summed E-state index contributed by atoms with van der Waals surface area (Å²) in [5, 5.41) is 4.79. The van der Waals surface area contributed by atoms with Crippen molar-refractivity contribution in [2.75, 3.05) is 25.6 Å². The second kappa shape index (κ2) is 7.92. The molecule has 0 saturated carbocycles. The molecule has 2 N–H and O–H groups in total. The van der Waals surface area contributed by atoms with Gasteiger partial charge in [0.05, 0.1) is 12.1 Å².